The SMILES string of the molecule is CCCCCCOc1cc(-c2cccs2)sc1Br. The maximum Gasteiger partial charge on any atom is 0.144 e. The Balaban J connectivity index is 1.89. The van der Waals surface area contributed by atoms with E-state index in [-0.39, 0.29) is 0 Å². The van der Waals surface area contributed by atoms with Gasteiger partial charge in [-0.3, -0.25) is 0 Å². The second kappa shape index (κ2) is 7.31. The van der Waals surface area contributed by atoms with Crippen LogP contribution in [-0.4, -0.2) is 6.61 Å². The van der Waals surface area contributed by atoms with E-state index in [1.54, 1.807) is 22.7 Å². The molecule has 2 rings (SSSR count). The molecular formula is C14H17BrOS2. The summed E-state index contributed by atoms with van der Waals surface area (Å²) in [5, 5.41) is 2.11. The molecular weight excluding hydrogens is 328 g/mol. The zero-order valence-electron chi connectivity index (χ0n) is 10.4. The van der Waals surface area contributed by atoms with Crippen molar-refractivity contribution in [2.24, 2.45) is 0 Å². The summed E-state index contributed by atoms with van der Waals surface area (Å²) in [5.41, 5.74) is 0. The zero-order valence-corrected chi connectivity index (χ0v) is 13.7. The third-order valence-corrected chi connectivity index (χ3v) is 5.52. The van der Waals surface area contributed by atoms with Crippen LogP contribution >= 0.6 is 38.6 Å². The van der Waals surface area contributed by atoms with Crippen LogP contribution in [-0.2, 0) is 0 Å². The van der Waals surface area contributed by atoms with Crippen molar-refractivity contribution in [3.63, 3.8) is 0 Å². The van der Waals surface area contributed by atoms with Gasteiger partial charge in [-0.15, -0.1) is 22.7 Å². The summed E-state index contributed by atoms with van der Waals surface area (Å²) in [6.07, 6.45) is 4.97. The van der Waals surface area contributed by atoms with Crippen LogP contribution in [0.15, 0.2) is 27.4 Å². The van der Waals surface area contributed by atoms with E-state index in [0.29, 0.717) is 0 Å². The lowest BCUT2D eigenvalue weighted by Gasteiger charge is -2.03. The highest BCUT2D eigenvalue weighted by Gasteiger charge is 2.10. The quantitative estimate of drug-likeness (QED) is 0.543. The van der Waals surface area contributed by atoms with Gasteiger partial charge < -0.3 is 4.74 Å². The Kier molecular flexibility index (Phi) is 5.73. The predicted molar refractivity (Wildman–Crippen MR) is 85.0 cm³/mol. The van der Waals surface area contributed by atoms with Gasteiger partial charge in [0, 0.05) is 15.8 Å². The van der Waals surface area contributed by atoms with Crippen molar-refractivity contribution in [2.45, 2.75) is 32.6 Å². The van der Waals surface area contributed by atoms with E-state index in [1.807, 2.05) is 0 Å². The van der Waals surface area contributed by atoms with Crippen molar-refractivity contribution in [2.75, 3.05) is 6.61 Å². The van der Waals surface area contributed by atoms with Crippen molar-refractivity contribution in [3.05, 3.63) is 27.4 Å². The fourth-order valence-electron chi connectivity index (χ4n) is 1.70. The molecule has 1 nitrogen and oxygen atoms in total. The van der Waals surface area contributed by atoms with E-state index >= 15 is 0 Å². The van der Waals surface area contributed by atoms with E-state index in [2.05, 4.69) is 46.4 Å². The largest absolute Gasteiger partial charge is 0.491 e. The Morgan fingerprint density at radius 3 is 2.83 bits per heavy atom. The third kappa shape index (κ3) is 3.84. The minimum Gasteiger partial charge on any atom is -0.491 e. The van der Waals surface area contributed by atoms with Crippen LogP contribution in [0.4, 0.5) is 0 Å². The lowest BCUT2D eigenvalue weighted by molar-refractivity contribution is 0.305. The van der Waals surface area contributed by atoms with Gasteiger partial charge in [-0.2, -0.15) is 0 Å². The summed E-state index contributed by atoms with van der Waals surface area (Å²) in [7, 11) is 0. The number of thiophene rings is 2. The zero-order chi connectivity index (χ0) is 12.8. The molecule has 2 aromatic rings. The van der Waals surface area contributed by atoms with Crippen LogP contribution in [0.5, 0.6) is 5.75 Å². The second-order valence-corrected chi connectivity index (χ2v) is 7.45. The molecule has 0 saturated carbocycles. The molecule has 2 aromatic heterocycles. The maximum absolute atomic E-state index is 5.83. The normalized spacial score (nSPS) is 10.8. The van der Waals surface area contributed by atoms with Gasteiger partial charge in [0.15, 0.2) is 0 Å². The van der Waals surface area contributed by atoms with E-state index in [0.717, 1.165) is 22.6 Å². The van der Waals surface area contributed by atoms with E-state index in [1.165, 1.54) is 29.0 Å². The summed E-state index contributed by atoms with van der Waals surface area (Å²) in [4.78, 5) is 2.59. The Hall–Kier alpha value is -0.320. The molecule has 0 amide bonds. The summed E-state index contributed by atoms with van der Waals surface area (Å²) in [5.74, 6) is 0.986. The van der Waals surface area contributed by atoms with Crippen LogP contribution in [0, 0.1) is 0 Å². The Labute approximate surface area is 125 Å². The summed E-state index contributed by atoms with van der Waals surface area (Å²) in [6, 6.07) is 6.37. The highest BCUT2D eigenvalue weighted by atomic mass is 79.9. The van der Waals surface area contributed by atoms with Crippen molar-refractivity contribution >= 4 is 38.6 Å². The van der Waals surface area contributed by atoms with Gasteiger partial charge in [-0.1, -0.05) is 32.3 Å². The number of rotatable bonds is 7. The standard InChI is InChI=1S/C14H17BrOS2/c1-2-3-4-5-8-16-11-10-13(18-14(11)15)12-7-6-9-17-12/h6-7,9-10H,2-5,8H2,1H3. The van der Waals surface area contributed by atoms with E-state index in [9.17, 15) is 0 Å². The molecule has 0 spiro atoms. The monoisotopic (exact) mass is 344 g/mol. The molecule has 0 aliphatic rings. The van der Waals surface area contributed by atoms with Crippen LogP contribution in [0.25, 0.3) is 9.75 Å². The average Bonchev–Trinajstić information content (AvgIpc) is 2.99. The minimum atomic E-state index is 0.819. The van der Waals surface area contributed by atoms with Crippen molar-refractivity contribution in [3.8, 4) is 15.5 Å². The van der Waals surface area contributed by atoms with Gasteiger partial charge in [-0.05, 0) is 33.8 Å². The first-order valence-electron chi connectivity index (χ1n) is 6.27. The van der Waals surface area contributed by atoms with Gasteiger partial charge >= 0.3 is 0 Å². The molecule has 0 radical (unpaired) electrons. The molecule has 0 atom stereocenters. The molecule has 0 N–H and O–H groups in total. The fraction of sp³-hybridized carbons (Fsp3) is 0.429. The first-order chi connectivity index (χ1) is 8.81. The average molecular weight is 345 g/mol. The Morgan fingerprint density at radius 2 is 2.11 bits per heavy atom. The molecule has 2 heterocycles. The van der Waals surface area contributed by atoms with Gasteiger partial charge in [0.05, 0.1) is 6.61 Å². The lowest BCUT2D eigenvalue weighted by atomic mass is 10.2. The van der Waals surface area contributed by atoms with Gasteiger partial charge in [0.25, 0.3) is 0 Å². The first-order valence-corrected chi connectivity index (χ1v) is 8.76. The van der Waals surface area contributed by atoms with Crippen LogP contribution in [0.3, 0.4) is 0 Å². The lowest BCUT2D eigenvalue weighted by Crippen LogP contribution is -1.96. The van der Waals surface area contributed by atoms with Crippen LogP contribution in [0.1, 0.15) is 32.6 Å². The molecule has 0 saturated heterocycles. The van der Waals surface area contributed by atoms with Gasteiger partial charge in [0.2, 0.25) is 0 Å². The molecule has 0 fully saturated rings. The molecule has 0 bridgehead atoms. The molecule has 0 aromatic carbocycles. The number of halogens is 1. The van der Waals surface area contributed by atoms with Gasteiger partial charge in [0.1, 0.15) is 9.54 Å². The Bertz CT molecular complexity index is 462. The molecule has 18 heavy (non-hydrogen) atoms. The maximum atomic E-state index is 5.83. The number of hydrogen-bond donors (Lipinski definition) is 0. The summed E-state index contributed by atoms with van der Waals surface area (Å²) >= 11 is 7.09. The Morgan fingerprint density at radius 1 is 1.22 bits per heavy atom. The molecule has 98 valence electrons. The smallest absolute Gasteiger partial charge is 0.144 e. The first kappa shape index (κ1) is 14.1. The number of ether oxygens (including phenoxy) is 1. The highest BCUT2D eigenvalue weighted by Crippen LogP contribution is 2.41. The second-order valence-electron chi connectivity index (χ2n) is 4.14. The van der Waals surface area contributed by atoms with Crippen molar-refractivity contribution in [1.29, 1.82) is 0 Å². The van der Waals surface area contributed by atoms with E-state index < -0.39 is 0 Å². The molecule has 0 unspecified atom stereocenters. The fourth-order valence-corrected chi connectivity index (χ4v) is 4.11. The predicted octanol–water partition coefficient (Wildman–Crippen LogP) is 6.20. The van der Waals surface area contributed by atoms with Crippen LogP contribution in [0.2, 0.25) is 0 Å². The topological polar surface area (TPSA) is 9.23 Å². The molecule has 0 aliphatic carbocycles. The van der Waals surface area contributed by atoms with Crippen molar-refractivity contribution < 1.29 is 4.74 Å². The highest BCUT2D eigenvalue weighted by molar-refractivity contribution is 9.11. The summed E-state index contributed by atoms with van der Waals surface area (Å²) < 4.78 is 6.93. The minimum absolute atomic E-state index is 0.819. The van der Waals surface area contributed by atoms with Crippen LogP contribution < -0.4 is 4.74 Å². The van der Waals surface area contributed by atoms with E-state index in [4.69, 9.17) is 4.74 Å². The number of hydrogen-bond acceptors (Lipinski definition) is 3. The van der Waals surface area contributed by atoms with Gasteiger partial charge in [-0.25, -0.2) is 0 Å². The number of unbranched alkanes of at least 4 members (excludes halogenated alkanes) is 3. The molecule has 0 aliphatic heterocycles. The molecule has 4 heteroatoms. The third-order valence-electron chi connectivity index (χ3n) is 2.67. The van der Waals surface area contributed by atoms with Crippen molar-refractivity contribution in [1.82, 2.24) is 0 Å². The summed E-state index contributed by atoms with van der Waals surface area (Å²) in [6.45, 7) is 3.04.